The van der Waals surface area contributed by atoms with E-state index in [-0.39, 0.29) is 6.10 Å². The topological polar surface area (TPSA) is 38.3 Å². The lowest BCUT2D eigenvalue weighted by Gasteiger charge is -2.12. The van der Waals surface area contributed by atoms with E-state index >= 15 is 0 Å². The van der Waals surface area contributed by atoms with E-state index in [0.717, 1.165) is 31.2 Å². The summed E-state index contributed by atoms with van der Waals surface area (Å²) in [6.45, 7) is 2.09. The highest BCUT2D eigenvalue weighted by Gasteiger charge is 2.06. The second-order valence-corrected chi connectivity index (χ2v) is 3.40. The minimum atomic E-state index is -0.356. The third kappa shape index (κ3) is 4.61. The van der Waals surface area contributed by atoms with Crippen molar-refractivity contribution in [2.24, 2.45) is 0 Å². The van der Waals surface area contributed by atoms with Gasteiger partial charge in [-0.15, -0.1) is 0 Å². The quantitative estimate of drug-likeness (QED) is 0.552. The Morgan fingerprint density at radius 2 is 2.13 bits per heavy atom. The molecule has 1 aromatic carbocycles. The zero-order chi connectivity index (χ0) is 10.9. The maximum absolute atomic E-state index is 10.7. The van der Waals surface area contributed by atoms with Crippen LogP contribution in [0.1, 0.15) is 26.2 Å². The van der Waals surface area contributed by atoms with E-state index in [1.807, 2.05) is 30.3 Å². The minimum Gasteiger partial charge on any atom is -0.300 e. The first kappa shape index (κ1) is 11.7. The number of carbonyl (C=O) groups excluding carboxylic acids is 1. The highest BCUT2D eigenvalue weighted by molar-refractivity contribution is 5.56. The van der Waals surface area contributed by atoms with E-state index in [4.69, 9.17) is 4.84 Å². The Balaban J connectivity index is 2.31. The Morgan fingerprint density at radius 3 is 2.73 bits per heavy atom. The summed E-state index contributed by atoms with van der Waals surface area (Å²) in [6.07, 6.45) is 3.31. The molecule has 0 spiro atoms. The summed E-state index contributed by atoms with van der Waals surface area (Å²) in [7, 11) is 0. The average molecular weight is 207 g/mol. The molecule has 0 aliphatic rings. The predicted molar refractivity (Wildman–Crippen MR) is 60.5 cm³/mol. The molecular formula is C12H17NO2. The molecule has 0 heterocycles. The Kier molecular flexibility index (Phi) is 5.48. The monoisotopic (exact) mass is 207 g/mol. The third-order valence-corrected chi connectivity index (χ3v) is 2.10. The molecule has 0 aliphatic heterocycles. The van der Waals surface area contributed by atoms with E-state index in [2.05, 4.69) is 12.4 Å². The lowest BCUT2D eigenvalue weighted by atomic mass is 10.2. The molecule has 82 valence electrons. The van der Waals surface area contributed by atoms with Gasteiger partial charge in [-0.25, -0.2) is 0 Å². The highest BCUT2D eigenvalue weighted by atomic mass is 16.7. The van der Waals surface area contributed by atoms with Gasteiger partial charge in [0.15, 0.2) is 6.29 Å². The Labute approximate surface area is 90.4 Å². The number of rotatable bonds is 7. The standard InChI is InChI=1S/C12H17NO2/c1-2-3-9-12(10-14)15-13-11-7-5-4-6-8-11/h4-8,10,12-13H,2-3,9H2,1H3/t12-/m1/s1. The molecule has 0 saturated heterocycles. The van der Waals surface area contributed by atoms with Crippen molar-refractivity contribution in [3.05, 3.63) is 30.3 Å². The summed E-state index contributed by atoms with van der Waals surface area (Å²) in [6, 6.07) is 9.53. The SMILES string of the molecule is CCCC[C@H](C=O)ONc1ccccc1. The fourth-order valence-corrected chi connectivity index (χ4v) is 1.21. The molecule has 1 aromatic rings. The van der Waals surface area contributed by atoms with Crippen LogP contribution in [0.4, 0.5) is 5.69 Å². The van der Waals surface area contributed by atoms with Gasteiger partial charge in [0.25, 0.3) is 0 Å². The molecular weight excluding hydrogens is 190 g/mol. The summed E-state index contributed by atoms with van der Waals surface area (Å²) in [5.41, 5.74) is 3.64. The molecule has 3 nitrogen and oxygen atoms in total. The van der Waals surface area contributed by atoms with Crippen molar-refractivity contribution in [2.45, 2.75) is 32.3 Å². The molecule has 1 atom stereocenters. The van der Waals surface area contributed by atoms with E-state index in [9.17, 15) is 4.79 Å². The van der Waals surface area contributed by atoms with Crippen molar-refractivity contribution < 1.29 is 9.63 Å². The van der Waals surface area contributed by atoms with Crippen LogP contribution in [-0.2, 0) is 9.63 Å². The summed E-state index contributed by atoms with van der Waals surface area (Å²) in [5, 5.41) is 0. The molecule has 0 aliphatic carbocycles. The van der Waals surface area contributed by atoms with Crippen molar-refractivity contribution in [3.63, 3.8) is 0 Å². The van der Waals surface area contributed by atoms with Gasteiger partial charge in [-0.1, -0.05) is 38.0 Å². The average Bonchev–Trinajstić information content (AvgIpc) is 2.31. The van der Waals surface area contributed by atoms with E-state index in [1.165, 1.54) is 0 Å². The third-order valence-electron chi connectivity index (χ3n) is 2.10. The van der Waals surface area contributed by atoms with Crippen LogP contribution in [0.3, 0.4) is 0 Å². The lowest BCUT2D eigenvalue weighted by molar-refractivity contribution is -0.116. The minimum absolute atomic E-state index is 0.356. The molecule has 0 saturated carbocycles. The van der Waals surface area contributed by atoms with Gasteiger partial charge in [-0.05, 0) is 18.6 Å². The molecule has 0 unspecified atom stereocenters. The van der Waals surface area contributed by atoms with Crippen molar-refractivity contribution in [2.75, 3.05) is 5.48 Å². The van der Waals surface area contributed by atoms with Gasteiger partial charge in [0, 0.05) is 0 Å². The van der Waals surface area contributed by atoms with Gasteiger partial charge in [-0.3, -0.25) is 10.3 Å². The maximum atomic E-state index is 10.7. The number of anilines is 1. The van der Waals surface area contributed by atoms with Crippen molar-refractivity contribution in [1.82, 2.24) is 0 Å². The molecule has 0 radical (unpaired) electrons. The van der Waals surface area contributed by atoms with Crippen LogP contribution >= 0.6 is 0 Å². The second-order valence-electron chi connectivity index (χ2n) is 3.40. The first-order valence-corrected chi connectivity index (χ1v) is 5.28. The number of hydrogen-bond donors (Lipinski definition) is 1. The molecule has 0 amide bonds. The molecule has 15 heavy (non-hydrogen) atoms. The van der Waals surface area contributed by atoms with Crippen molar-refractivity contribution in [3.8, 4) is 0 Å². The first-order chi connectivity index (χ1) is 7.36. The van der Waals surface area contributed by atoms with Crippen molar-refractivity contribution >= 4 is 12.0 Å². The molecule has 1 N–H and O–H groups in total. The first-order valence-electron chi connectivity index (χ1n) is 5.28. The fourth-order valence-electron chi connectivity index (χ4n) is 1.21. The Morgan fingerprint density at radius 1 is 1.40 bits per heavy atom. The van der Waals surface area contributed by atoms with Gasteiger partial charge >= 0.3 is 0 Å². The lowest BCUT2D eigenvalue weighted by Crippen LogP contribution is -2.18. The fraction of sp³-hybridized carbons (Fsp3) is 0.417. The normalized spacial score (nSPS) is 12.1. The summed E-state index contributed by atoms with van der Waals surface area (Å²) < 4.78 is 0. The zero-order valence-electron chi connectivity index (χ0n) is 8.98. The van der Waals surface area contributed by atoms with E-state index in [1.54, 1.807) is 0 Å². The maximum Gasteiger partial charge on any atom is 0.151 e. The number of carbonyl (C=O) groups is 1. The summed E-state index contributed by atoms with van der Waals surface area (Å²) in [5.74, 6) is 0. The van der Waals surface area contributed by atoms with Crippen LogP contribution in [-0.4, -0.2) is 12.4 Å². The van der Waals surface area contributed by atoms with Crippen LogP contribution in [0.25, 0.3) is 0 Å². The number of nitrogens with one attached hydrogen (secondary N) is 1. The number of aldehydes is 1. The largest absolute Gasteiger partial charge is 0.300 e. The van der Waals surface area contributed by atoms with Gasteiger partial charge in [0.2, 0.25) is 0 Å². The second kappa shape index (κ2) is 7.01. The van der Waals surface area contributed by atoms with Crippen molar-refractivity contribution in [1.29, 1.82) is 0 Å². The van der Waals surface area contributed by atoms with Gasteiger partial charge in [-0.2, -0.15) is 0 Å². The molecule has 0 aromatic heterocycles. The van der Waals surface area contributed by atoms with Gasteiger partial charge in [0.1, 0.15) is 6.10 Å². The predicted octanol–water partition coefficient (Wildman–Crippen LogP) is 2.79. The molecule has 1 rings (SSSR count). The number of benzene rings is 1. The van der Waals surface area contributed by atoms with E-state index in [0.29, 0.717) is 0 Å². The number of para-hydroxylation sites is 1. The van der Waals surface area contributed by atoms with Crippen LogP contribution in [0, 0.1) is 0 Å². The van der Waals surface area contributed by atoms with Gasteiger partial charge in [0.05, 0.1) is 5.69 Å². The Bertz CT molecular complexity index is 274. The highest BCUT2D eigenvalue weighted by Crippen LogP contribution is 2.08. The van der Waals surface area contributed by atoms with Crippen LogP contribution in [0.5, 0.6) is 0 Å². The molecule has 0 bridgehead atoms. The zero-order valence-corrected chi connectivity index (χ0v) is 8.98. The van der Waals surface area contributed by atoms with Crippen LogP contribution in [0.15, 0.2) is 30.3 Å². The molecule has 3 heteroatoms. The van der Waals surface area contributed by atoms with Gasteiger partial charge < -0.3 is 4.79 Å². The number of hydrogen-bond acceptors (Lipinski definition) is 3. The number of unbranched alkanes of at least 4 members (excludes halogenated alkanes) is 1. The smallest absolute Gasteiger partial charge is 0.151 e. The summed E-state index contributed by atoms with van der Waals surface area (Å²) in [4.78, 5) is 15.9. The van der Waals surface area contributed by atoms with Crippen LogP contribution in [0.2, 0.25) is 0 Å². The summed E-state index contributed by atoms with van der Waals surface area (Å²) >= 11 is 0. The van der Waals surface area contributed by atoms with E-state index < -0.39 is 0 Å². The Hall–Kier alpha value is -1.35. The molecule has 0 fully saturated rings. The van der Waals surface area contributed by atoms with Crippen LogP contribution < -0.4 is 5.48 Å².